The Morgan fingerprint density at radius 1 is 0.404 bits per heavy atom. The molecule has 2 heterocycles. The molecule has 2 unspecified atom stereocenters. The Hall–Kier alpha value is -7.43. The highest BCUT2D eigenvalue weighted by atomic mass is 16.5. The zero-order valence-corrected chi connectivity index (χ0v) is 31.0. The predicted octanol–water partition coefficient (Wildman–Crippen LogP) is 13.0. The van der Waals surface area contributed by atoms with E-state index in [0.29, 0.717) is 17.5 Å². The Balaban J connectivity index is 0.949. The van der Waals surface area contributed by atoms with Crippen LogP contribution in [0.3, 0.4) is 0 Å². The molecular formula is C53H35N3O. The van der Waals surface area contributed by atoms with E-state index in [1.54, 1.807) is 0 Å². The number of benzene rings is 8. The normalized spacial score (nSPS) is 15.5. The highest BCUT2D eigenvalue weighted by Crippen LogP contribution is 2.50. The topological polar surface area (TPSA) is 47.9 Å². The van der Waals surface area contributed by atoms with Crippen molar-refractivity contribution in [2.24, 2.45) is 0 Å². The molecule has 0 bridgehead atoms. The molecule has 1 aromatic heterocycles. The molecule has 1 aliphatic heterocycles. The highest BCUT2D eigenvalue weighted by Gasteiger charge is 2.39. The summed E-state index contributed by atoms with van der Waals surface area (Å²) < 4.78 is 6.85. The molecule has 0 spiro atoms. The lowest BCUT2D eigenvalue weighted by Crippen LogP contribution is -2.21. The number of allylic oxidation sites excluding steroid dienone is 2. The van der Waals surface area contributed by atoms with Gasteiger partial charge in [0.05, 0.1) is 0 Å². The summed E-state index contributed by atoms with van der Waals surface area (Å²) in [7, 11) is 0. The molecule has 4 heteroatoms. The predicted molar refractivity (Wildman–Crippen MR) is 233 cm³/mol. The molecule has 4 nitrogen and oxygen atoms in total. The van der Waals surface area contributed by atoms with Crippen LogP contribution in [0.4, 0.5) is 0 Å². The quantitative estimate of drug-likeness (QED) is 0.160. The largest absolute Gasteiger partial charge is 0.484 e. The minimum atomic E-state index is -0.173. The first-order chi connectivity index (χ1) is 28.2. The lowest BCUT2D eigenvalue weighted by Gasteiger charge is -2.24. The van der Waals surface area contributed by atoms with Gasteiger partial charge < -0.3 is 4.74 Å². The van der Waals surface area contributed by atoms with E-state index in [0.717, 1.165) is 50.3 Å². The summed E-state index contributed by atoms with van der Waals surface area (Å²) in [5, 5.41) is 4.99. The van der Waals surface area contributed by atoms with E-state index < -0.39 is 0 Å². The number of nitrogens with zero attached hydrogens (tertiary/aromatic N) is 3. The van der Waals surface area contributed by atoms with Crippen molar-refractivity contribution in [3.05, 3.63) is 211 Å². The summed E-state index contributed by atoms with van der Waals surface area (Å²) in [6.45, 7) is 0. The molecule has 0 amide bonds. The van der Waals surface area contributed by atoms with Crippen LogP contribution in [-0.4, -0.2) is 21.1 Å². The monoisotopic (exact) mass is 729 g/mol. The maximum absolute atomic E-state index is 6.85. The Kier molecular flexibility index (Phi) is 7.92. The number of hydrogen-bond donors (Lipinski definition) is 0. The van der Waals surface area contributed by atoms with Crippen molar-refractivity contribution >= 4 is 27.1 Å². The van der Waals surface area contributed by atoms with E-state index in [9.17, 15) is 0 Å². The van der Waals surface area contributed by atoms with Crippen molar-refractivity contribution in [2.75, 3.05) is 0 Å². The molecule has 0 N–H and O–H groups in total. The number of rotatable bonds is 6. The first kappa shape index (κ1) is 33.0. The van der Waals surface area contributed by atoms with Crippen LogP contribution in [0.2, 0.25) is 0 Å². The van der Waals surface area contributed by atoms with Crippen LogP contribution < -0.4 is 4.74 Å². The van der Waals surface area contributed by atoms with Gasteiger partial charge in [0.1, 0.15) is 11.9 Å². The van der Waals surface area contributed by atoms with Crippen LogP contribution in [0.1, 0.15) is 17.0 Å². The molecule has 2 atom stereocenters. The minimum Gasteiger partial charge on any atom is -0.484 e. The molecule has 0 saturated heterocycles. The third-order valence-corrected chi connectivity index (χ3v) is 11.3. The standard InChI is InChI=1S/C53H35N3O/c1-3-11-34(12-4-1)35-21-23-36(24-22-35)37-25-28-40(29-26-37)52-54-51(39-14-5-2-6-15-39)55-53(56-52)47-19-10-20-48-49(47)46-18-9-17-45(50(46)57-48)42-31-32-44-41(33-42)30-27-38-13-7-8-16-43(38)44/h1-33,46,50H. The average Bonchev–Trinajstić information content (AvgIpc) is 3.69. The van der Waals surface area contributed by atoms with Gasteiger partial charge >= 0.3 is 0 Å². The summed E-state index contributed by atoms with van der Waals surface area (Å²) in [5.41, 5.74) is 10.9. The second-order valence-electron chi connectivity index (χ2n) is 14.7. The van der Waals surface area contributed by atoms with Crippen molar-refractivity contribution in [1.29, 1.82) is 0 Å². The highest BCUT2D eigenvalue weighted by molar-refractivity contribution is 6.08. The van der Waals surface area contributed by atoms with E-state index in [1.807, 2.05) is 42.5 Å². The van der Waals surface area contributed by atoms with Gasteiger partial charge in [-0.05, 0) is 61.5 Å². The number of ether oxygens (including phenoxy) is 1. The molecule has 2 aliphatic rings. The number of hydrogen-bond acceptors (Lipinski definition) is 4. The van der Waals surface area contributed by atoms with E-state index >= 15 is 0 Å². The molecule has 0 radical (unpaired) electrons. The van der Waals surface area contributed by atoms with E-state index in [1.165, 1.54) is 32.7 Å². The van der Waals surface area contributed by atoms with Crippen molar-refractivity contribution in [3.8, 4) is 62.2 Å². The SMILES string of the molecule is C1=CC2c3c(cccc3-c3nc(-c4ccccc4)nc(-c4ccc(-c5ccc(-c6ccccc6)cc5)cc4)n3)OC2C(c2ccc3c(ccc4ccccc43)c2)=C1. The fourth-order valence-corrected chi connectivity index (χ4v) is 8.47. The van der Waals surface area contributed by atoms with Crippen LogP contribution in [0.15, 0.2) is 200 Å². The first-order valence-corrected chi connectivity index (χ1v) is 19.4. The number of fused-ring (bicyclic) bond motifs is 6. The van der Waals surface area contributed by atoms with Gasteiger partial charge in [-0.1, -0.05) is 188 Å². The van der Waals surface area contributed by atoms with Gasteiger partial charge in [-0.15, -0.1) is 0 Å². The third kappa shape index (κ3) is 5.90. The maximum atomic E-state index is 6.85. The fraction of sp³-hybridized carbons (Fsp3) is 0.0377. The van der Waals surface area contributed by atoms with E-state index in [4.69, 9.17) is 19.7 Å². The van der Waals surface area contributed by atoms with Gasteiger partial charge in [0.2, 0.25) is 0 Å². The smallest absolute Gasteiger partial charge is 0.164 e. The zero-order valence-electron chi connectivity index (χ0n) is 31.0. The van der Waals surface area contributed by atoms with Gasteiger partial charge in [0.25, 0.3) is 0 Å². The van der Waals surface area contributed by atoms with Crippen LogP contribution in [0.25, 0.3) is 83.5 Å². The fourth-order valence-electron chi connectivity index (χ4n) is 8.47. The van der Waals surface area contributed by atoms with Crippen molar-refractivity contribution in [3.63, 3.8) is 0 Å². The Morgan fingerprint density at radius 3 is 1.67 bits per heavy atom. The molecule has 11 rings (SSSR count). The third-order valence-electron chi connectivity index (χ3n) is 11.3. The average molecular weight is 730 g/mol. The molecule has 8 aromatic carbocycles. The van der Waals surface area contributed by atoms with Crippen molar-refractivity contribution in [2.45, 2.75) is 12.0 Å². The Morgan fingerprint density at radius 2 is 0.947 bits per heavy atom. The lowest BCUT2D eigenvalue weighted by molar-refractivity contribution is 0.278. The molecule has 9 aromatic rings. The van der Waals surface area contributed by atoms with Crippen LogP contribution in [-0.2, 0) is 0 Å². The lowest BCUT2D eigenvalue weighted by atomic mass is 9.82. The van der Waals surface area contributed by atoms with Crippen molar-refractivity contribution < 1.29 is 4.74 Å². The Bertz CT molecular complexity index is 3020. The summed E-state index contributed by atoms with van der Waals surface area (Å²) in [4.78, 5) is 15.4. The molecule has 57 heavy (non-hydrogen) atoms. The molecule has 0 fully saturated rings. The van der Waals surface area contributed by atoms with Crippen LogP contribution in [0.5, 0.6) is 5.75 Å². The van der Waals surface area contributed by atoms with Gasteiger partial charge in [-0.3, -0.25) is 0 Å². The van der Waals surface area contributed by atoms with Crippen molar-refractivity contribution in [1.82, 2.24) is 15.0 Å². The van der Waals surface area contributed by atoms with Gasteiger partial charge in [0, 0.05) is 33.7 Å². The summed E-state index contributed by atoms with van der Waals surface area (Å²) >= 11 is 0. The van der Waals surface area contributed by atoms with Gasteiger partial charge in [-0.2, -0.15) is 0 Å². The van der Waals surface area contributed by atoms with Gasteiger partial charge in [-0.25, -0.2) is 15.0 Å². The molecule has 1 aliphatic carbocycles. The summed E-state index contributed by atoms with van der Waals surface area (Å²) in [6.07, 6.45) is 6.45. The summed E-state index contributed by atoms with van der Waals surface area (Å²) in [6, 6.07) is 63.9. The summed E-state index contributed by atoms with van der Waals surface area (Å²) in [5.74, 6) is 2.74. The molecule has 0 saturated carbocycles. The Labute approximate surface area is 331 Å². The van der Waals surface area contributed by atoms with E-state index in [-0.39, 0.29) is 12.0 Å². The van der Waals surface area contributed by atoms with Crippen LogP contribution in [0, 0.1) is 0 Å². The van der Waals surface area contributed by atoms with E-state index in [2.05, 4.69) is 158 Å². The second-order valence-corrected chi connectivity index (χ2v) is 14.7. The van der Waals surface area contributed by atoms with Crippen LogP contribution >= 0.6 is 0 Å². The maximum Gasteiger partial charge on any atom is 0.164 e. The zero-order chi connectivity index (χ0) is 37.7. The van der Waals surface area contributed by atoms with Gasteiger partial charge in [0.15, 0.2) is 17.5 Å². The molecule has 268 valence electrons. The minimum absolute atomic E-state index is 0.00328. The first-order valence-electron chi connectivity index (χ1n) is 19.4. The molecular weight excluding hydrogens is 695 g/mol. The second kappa shape index (κ2) is 13.7. The number of aromatic nitrogens is 3.